The quantitative estimate of drug-likeness (QED) is 0.600. The van der Waals surface area contributed by atoms with Gasteiger partial charge in [0.15, 0.2) is 0 Å². The van der Waals surface area contributed by atoms with Crippen molar-refractivity contribution in [3.63, 3.8) is 0 Å². The van der Waals surface area contributed by atoms with E-state index in [4.69, 9.17) is 5.26 Å². The lowest BCUT2D eigenvalue weighted by molar-refractivity contribution is 0.601. The Bertz CT molecular complexity index is 830. The average Bonchev–Trinajstić information content (AvgIpc) is 2.49. The van der Waals surface area contributed by atoms with E-state index in [2.05, 4.69) is 20.7 Å². The zero-order chi connectivity index (χ0) is 16.2. The Kier molecular flexibility index (Phi) is 5.51. The predicted octanol–water partition coefficient (Wildman–Crippen LogP) is 4.39. The van der Waals surface area contributed by atoms with Crippen molar-refractivity contribution in [3.8, 4) is 5.40 Å². The van der Waals surface area contributed by atoms with Crippen LogP contribution >= 0.6 is 27.7 Å². The number of anilines is 1. The van der Waals surface area contributed by atoms with E-state index in [1.54, 1.807) is 36.4 Å². The normalized spacial score (nSPS) is 11.0. The summed E-state index contributed by atoms with van der Waals surface area (Å²) in [6, 6.07) is 11.8. The molecule has 0 bridgehead atoms. The van der Waals surface area contributed by atoms with Gasteiger partial charge in [-0.1, -0.05) is 28.9 Å². The van der Waals surface area contributed by atoms with Gasteiger partial charge >= 0.3 is 0 Å². The second kappa shape index (κ2) is 7.18. The SMILES string of the molecule is CCc1cc(SC#N)ccc1NS(=O)(=O)c1cccc(Br)c1. The van der Waals surface area contributed by atoms with Crippen LogP contribution in [0.1, 0.15) is 12.5 Å². The molecule has 2 rings (SSSR count). The fraction of sp³-hybridized carbons (Fsp3) is 0.133. The number of hydrogen-bond donors (Lipinski definition) is 1. The highest BCUT2D eigenvalue weighted by Gasteiger charge is 2.16. The van der Waals surface area contributed by atoms with Gasteiger partial charge in [0, 0.05) is 9.37 Å². The number of aryl methyl sites for hydroxylation is 1. The summed E-state index contributed by atoms with van der Waals surface area (Å²) in [6.45, 7) is 1.94. The number of thioether (sulfide) groups is 1. The van der Waals surface area contributed by atoms with Gasteiger partial charge in [0.1, 0.15) is 5.40 Å². The standard InChI is InChI=1S/C15H13BrN2O2S2/c1-2-11-8-13(21-10-17)6-7-15(11)18-22(19,20)14-5-3-4-12(16)9-14/h3-9,18H,2H2,1H3. The molecular formula is C15H13BrN2O2S2. The molecule has 0 aliphatic rings. The minimum absolute atomic E-state index is 0.194. The van der Waals surface area contributed by atoms with E-state index < -0.39 is 10.0 Å². The minimum atomic E-state index is -3.65. The summed E-state index contributed by atoms with van der Waals surface area (Å²) in [5.74, 6) is 0. The molecule has 0 aliphatic carbocycles. The van der Waals surface area contributed by atoms with Crippen LogP contribution in [0.2, 0.25) is 0 Å². The maximum absolute atomic E-state index is 12.4. The monoisotopic (exact) mass is 396 g/mol. The summed E-state index contributed by atoms with van der Waals surface area (Å²) in [6.07, 6.45) is 0.663. The summed E-state index contributed by atoms with van der Waals surface area (Å²) in [7, 11) is -3.65. The second-order valence-electron chi connectivity index (χ2n) is 4.43. The van der Waals surface area contributed by atoms with Crippen molar-refractivity contribution in [2.75, 3.05) is 4.72 Å². The van der Waals surface area contributed by atoms with Crippen molar-refractivity contribution in [2.24, 2.45) is 0 Å². The van der Waals surface area contributed by atoms with Crippen molar-refractivity contribution < 1.29 is 8.42 Å². The molecule has 0 amide bonds. The van der Waals surface area contributed by atoms with E-state index in [0.717, 1.165) is 22.2 Å². The third-order valence-electron chi connectivity index (χ3n) is 2.97. The third-order valence-corrected chi connectivity index (χ3v) is 5.41. The van der Waals surface area contributed by atoms with Gasteiger partial charge in [0.05, 0.1) is 10.6 Å². The Hall–Kier alpha value is -1.49. The molecule has 0 aromatic heterocycles. The zero-order valence-electron chi connectivity index (χ0n) is 11.7. The molecule has 0 radical (unpaired) electrons. The van der Waals surface area contributed by atoms with E-state index in [1.165, 1.54) is 0 Å². The molecule has 7 heteroatoms. The van der Waals surface area contributed by atoms with E-state index in [-0.39, 0.29) is 4.90 Å². The highest BCUT2D eigenvalue weighted by Crippen LogP contribution is 2.27. The van der Waals surface area contributed by atoms with Crippen molar-refractivity contribution in [3.05, 3.63) is 52.5 Å². The van der Waals surface area contributed by atoms with Gasteiger partial charge in [-0.15, -0.1) is 0 Å². The molecular weight excluding hydrogens is 384 g/mol. The van der Waals surface area contributed by atoms with Gasteiger partial charge in [-0.3, -0.25) is 4.72 Å². The first-order valence-corrected chi connectivity index (χ1v) is 9.53. The van der Waals surface area contributed by atoms with E-state index in [0.29, 0.717) is 16.6 Å². The molecule has 114 valence electrons. The third kappa shape index (κ3) is 4.03. The number of nitrogens with zero attached hydrogens (tertiary/aromatic N) is 1. The molecule has 0 spiro atoms. The second-order valence-corrected chi connectivity index (χ2v) is 7.88. The highest BCUT2D eigenvalue weighted by atomic mass is 79.9. The van der Waals surface area contributed by atoms with Crippen LogP contribution in [0.25, 0.3) is 0 Å². The van der Waals surface area contributed by atoms with Crippen LogP contribution in [0.3, 0.4) is 0 Å². The molecule has 0 aliphatic heterocycles. The van der Waals surface area contributed by atoms with Crippen LogP contribution in [0.15, 0.2) is 56.7 Å². The van der Waals surface area contributed by atoms with Gasteiger partial charge < -0.3 is 0 Å². The Morgan fingerprint density at radius 1 is 1.27 bits per heavy atom. The number of nitriles is 1. The summed E-state index contributed by atoms with van der Waals surface area (Å²) in [4.78, 5) is 0.990. The Balaban J connectivity index is 2.35. The van der Waals surface area contributed by atoms with Crippen LogP contribution in [0.4, 0.5) is 5.69 Å². The maximum Gasteiger partial charge on any atom is 0.261 e. The molecule has 0 unspecified atom stereocenters. The number of nitrogens with one attached hydrogen (secondary N) is 1. The number of thiocyanates is 1. The molecule has 2 aromatic carbocycles. The van der Waals surface area contributed by atoms with Gasteiger partial charge in [-0.2, -0.15) is 5.26 Å². The fourth-order valence-electron chi connectivity index (χ4n) is 1.92. The van der Waals surface area contributed by atoms with Crippen molar-refractivity contribution in [1.82, 2.24) is 0 Å². The first kappa shape index (κ1) is 16.9. The van der Waals surface area contributed by atoms with Crippen LogP contribution in [-0.4, -0.2) is 8.42 Å². The summed E-state index contributed by atoms with van der Waals surface area (Å²) in [5.41, 5.74) is 1.38. The van der Waals surface area contributed by atoms with Crippen LogP contribution < -0.4 is 4.72 Å². The number of hydrogen-bond acceptors (Lipinski definition) is 4. The molecule has 22 heavy (non-hydrogen) atoms. The lowest BCUT2D eigenvalue weighted by Gasteiger charge is -2.12. The fourth-order valence-corrected chi connectivity index (χ4v) is 4.06. The smallest absolute Gasteiger partial charge is 0.261 e. The van der Waals surface area contributed by atoms with Crippen LogP contribution in [-0.2, 0) is 16.4 Å². The Morgan fingerprint density at radius 2 is 2.05 bits per heavy atom. The van der Waals surface area contributed by atoms with Crippen LogP contribution in [0, 0.1) is 10.7 Å². The molecule has 0 heterocycles. The molecule has 0 saturated carbocycles. The van der Waals surface area contributed by atoms with Gasteiger partial charge in [-0.25, -0.2) is 8.42 Å². The van der Waals surface area contributed by atoms with Gasteiger partial charge in [-0.05, 0) is 60.1 Å². The van der Waals surface area contributed by atoms with E-state index in [1.807, 2.05) is 18.4 Å². The minimum Gasteiger partial charge on any atom is -0.279 e. The first-order valence-electron chi connectivity index (χ1n) is 6.43. The van der Waals surface area contributed by atoms with Crippen LogP contribution in [0.5, 0.6) is 0 Å². The van der Waals surface area contributed by atoms with E-state index in [9.17, 15) is 8.42 Å². The molecule has 4 nitrogen and oxygen atoms in total. The summed E-state index contributed by atoms with van der Waals surface area (Å²) >= 11 is 4.32. The number of benzene rings is 2. The molecule has 2 aromatic rings. The number of sulfonamides is 1. The molecule has 0 saturated heterocycles. The average molecular weight is 397 g/mol. The lowest BCUT2D eigenvalue weighted by Crippen LogP contribution is -2.14. The molecule has 0 fully saturated rings. The number of halogens is 1. The molecule has 1 N–H and O–H groups in total. The van der Waals surface area contributed by atoms with Gasteiger partial charge in [0.25, 0.3) is 10.0 Å². The Morgan fingerprint density at radius 3 is 2.68 bits per heavy atom. The first-order chi connectivity index (χ1) is 10.5. The summed E-state index contributed by atoms with van der Waals surface area (Å²) in [5, 5.41) is 10.7. The zero-order valence-corrected chi connectivity index (χ0v) is 14.9. The lowest BCUT2D eigenvalue weighted by atomic mass is 10.1. The van der Waals surface area contributed by atoms with E-state index >= 15 is 0 Å². The highest BCUT2D eigenvalue weighted by molar-refractivity contribution is 9.10. The molecule has 0 atom stereocenters. The number of rotatable bonds is 5. The van der Waals surface area contributed by atoms with Gasteiger partial charge in [0.2, 0.25) is 0 Å². The van der Waals surface area contributed by atoms with Crippen molar-refractivity contribution in [1.29, 1.82) is 5.26 Å². The predicted molar refractivity (Wildman–Crippen MR) is 92.2 cm³/mol. The topological polar surface area (TPSA) is 70.0 Å². The summed E-state index contributed by atoms with van der Waals surface area (Å²) < 4.78 is 28.2. The van der Waals surface area contributed by atoms with Crippen molar-refractivity contribution in [2.45, 2.75) is 23.1 Å². The van der Waals surface area contributed by atoms with Crippen molar-refractivity contribution >= 4 is 43.4 Å². The Labute approximate surface area is 142 Å². The maximum atomic E-state index is 12.4. The largest absolute Gasteiger partial charge is 0.279 e.